The molecule has 0 spiro atoms. The maximum atomic E-state index is 11.5. The molecule has 1 amide bonds. The van der Waals surface area contributed by atoms with Gasteiger partial charge in [-0.3, -0.25) is 9.59 Å². The minimum absolute atomic E-state index is 0.122. The molecule has 1 N–H and O–H groups in total. The summed E-state index contributed by atoms with van der Waals surface area (Å²) in [5.41, 5.74) is 0. The summed E-state index contributed by atoms with van der Waals surface area (Å²) in [6.07, 6.45) is 0. The van der Waals surface area contributed by atoms with Crippen LogP contribution in [0.3, 0.4) is 0 Å². The van der Waals surface area contributed by atoms with Crippen molar-refractivity contribution in [3.63, 3.8) is 0 Å². The Hall–Kier alpha value is -1.11. The smallest absolute Gasteiger partial charge is 0.321 e. The fraction of sp³-hybridized carbons (Fsp3) is 0.778. The summed E-state index contributed by atoms with van der Waals surface area (Å²) in [5.74, 6) is -2.81. The van der Waals surface area contributed by atoms with Gasteiger partial charge in [-0.15, -0.1) is 0 Å². The number of rotatable bonds is 5. The zero-order valence-corrected chi connectivity index (χ0v) is 10.6. The summed E-state index contributed by atoms with van der Waals surface area (Å²) >= 11 is 0. The molecule has 1 unspecified atom stereocenters. The predicted molar refractivity (Wildman–Crippen MR) is 58.8 cm³/mol. The van der Waals surface area contributed by atoms with E-state index in [9.17, 15) is 18.0 Å². The van der Waals surface area contributed by atoms with Crippen LogP contribution in [-0.2, 0) is 19.4 Å². The molecule has 0 aliphatic rings. The predicted octanol–water partition coefficient (Wildman–Crippen LogP) is -0.259. The second-order valence-electron chi connectivity index (χ2n) is 3.89. The number of sulfone groups is 1. The lowest BCUT2D eigenvalue weighted by Crippen LogP contribution is -2.40. The molecule has 0 aromatic heterocycles. The molecule has 1 atom stereocenters. The maximum absolute atomic E-state index is 11.5. The number of carbonyl (C=O) groups excluding carboxylic acids is 1. The van der Waals surface area contributed by atoms with Gasteiger partial charge >= 0.3 is 5.97 Å². The SMILES string of the molecule is CC(C)N(C)C(=O)CS(=O)(=O)C(C)C(=O)O. The summed E-state index contributed by atoms with van der Waals surface area (Å²) in [7, 11) is -2.45. The van der Waals surface area contributed by atoms with E-state index in [0.29, 0.717) is 0 Å². The fourth-order valence-electron chi connectivity index (χ4n) is 0.841. The van der Waals surface area contributed by atoms with E-state index in [1.165, 1.54) is 11.9 Å². The largest absolute Gasteiger partial charge is 0.480 e. The zero-order chi connectivity index (χ0) is 13.1. The van der Waals surface area contributed by atoms with E-state index in [1.807, 2.05) is 0 Å². The summed E-state index contributed by atoms with van der Waals surface area (Å²) in [4.78, 5) is 23.3. The number of hydrogen-bond acceptors (Lipinski definition) is 4. The minimum atomic E-state index is -3.93. The van der Waals surface area contributed by atoms with Crippen molar-refractivity contribution in [2.75, 3.05) is 12.8 Å². The molecular weight excluding hydrogens is 234 g/mol. The van der Waals surface area contributed by atoms with Crippen LogP contribution in [0.4, 0.5) is 0 Å². The maximum Gasteiger partial charge on any atom is 0.321 e. The number of nitrogens with zero attached hydrogens (tertiary/aromatic N) is 1. The molecule has 6 nitrogen and oxygen atoms in total. The molecule has 94 valence electrons. The van der Waals surface area contributed by atoms with Crippen LogP contribution < -0.4 is 0 Å². The first-order valence-electron chi connectivity index (χ1n) is 4.79. The minimum Gasteiger partial charge on any atom is -0.480 e. The normalized spacial score (nSPS) is 13.6. The van der Waals surface area contributed by atoms with Gasteiger partial charge in [-0.1, -0.05) is 0 Å². The third kappa shape index (κ3) is 3.80. The highest BCUT2D eigenvalue weighted by atomic mass is 32.2. The summed E-state index contributed by atoms with van der Waals surface area (Å²) in [6.45, 7) is 4.54. The van der Waals surface area contributed by atoms with Crippen LogP contribution in [0, 0.1) is 0 Å². The highest BCUT2D eigenvalue weighted by Crippen LogP contribution is 2.05. The Morgan fingerprint density at radius 3 is 2.00 bits per heavy atom. The second-order valence-corrected chi connectivity index (χ2v) is 6.21. The van der Waals surface area contributed by atoms with E-state index < -0.39 is 32.7 Å². The van der Waals surface area contributed by atoms with E-state index in [-0.39, 0.29) is 6.04 Å². The third-order valence-electron chi connectivity index (χ3n) is 2.38. The van der Waals surface area contributed by atoms with Gasteiger partial charge in [0.15, 0.2) is 15.1 Å². The summed E-state index contributed by atoms with van der Waals surface area (Å²) in [5, 5.41) is 7.02. The average molecular weight is 251 g/mol. The van der Waals surface area contributed by atoms with Gasteiger partial charge in [-0.2, -0.15) is 0 Å². The molecule has 0 radical (unpaired) electrons. The Bertz CT molecular complexity index is 373. The molecule has 0 aliphatic carbocycles. The van der Waals surface area contributed by atoms with Gasteiger partial charge in [0.25, 0.3) is 0 Å². The van der Waals surface area contributed by atoms with Crippen LogP contribution >= 0.6 is 0 Å². The van der Waals surface area contributed by atoms with Crippen molar-refractivity contribution in [1.82, 2.24) is 4.90 Å². The van der Waals surface area contributed by atoms with E-state index in [1.54, 1.807) is 13.8 Å². The monoisotopic (exact) mass is 251 g/mol. The topological polar surface area (TPSA) is 91.8 Å². The molecule has 0 bridgehead atoms. The van der Waals surface area contributed by atoms with Gasteiger partial charge in [0.1, 0.15) is 5.75 Å². The first-order chi connectivity index (χ1) is 7.09. The first-order valence-corrected chi connectivity index (χ1v) is 6.51. The van der Waals surface area contributed by atoms with Gasteiger partial charge in [0, 0.05) is 13.1 Å². The van der Waals surface area contributed by atoms with Crippen molar-refractivity contribution in [2.45, 2.75) is 32.1 Å². The molecular formula is C9H17NO5S. The lowest BCUT2D eigenvalue weighted by Gasteiger charge is -2.21. The van der Waals surface area contributed by atoms with Crippen LogP contribution in [0.1, 0.15) is 20.8 Å². The third-order valence-corrected chi connectivity index (χ3v) is 4.31. The summed E-state index contributed by atoms with van der Waals surface area (Å²) in [6, 6.07) is -0.122. The van der Waals surface area contributed by atoms with Crippen molar-refractivity contribution in [2.24, 2.45) is 0 Å². The zero-order valence-electron chi connectivity index (χ0n) is 9.80. The van der Waals surface area contributed by atoms with Gasteiger partial charge in [-0.05, 0) is 20.8 Å². The standard InChI is InChI=1S/C9H17NO5S/c1-6(2)10(4)8(11)5-16(14,15)7(3)9(12)13/h6-7H,5H2,1-4H3,(H,12,13). The highest BCUT2D eigenvalue weighted by Gasteiger charge is 2.31. The van der Waals surface area contributed by atoms with E-state index in [4.69, 9.17) is 5.11 Å². The van der Waals surface area contributed by atoms with Gasteiger partial charge < -0.3 is 10.0 Å². The van der Waals surface area contributed by atoms with Gasteiger partial charge in [0.05, 0.1) is 0 Å². The average Bonchev–Trinajstić information content (AvgIpc) is 2.14. The van der Waals surface area contributed by atoms with Crippen molar-refractivity contribution in [3.8, 4) is 0 Å². The number of aliphatic carboxylic acids is 1. The van der Waals surface area contributed by atoms with Gasteiger partial charge in [0.2, 0.25) is 5.91 Å². The van der Waals surface area contributed by atoms with E-state index in [2.05, 4.69) is 0 Å². The number of carboxylic acids is 1. The summed E-state index contributed by atoms with van der Waals surface area (Å²) < 4.78 is 23.0. The molecule has 0 saturated carbocycles. The first kappa shape index (κ1) is 14.9. The van der Waals surface area contributed by atoms with E-state index in [0.717, 1.165) is 6.92 Å². The molecule has 0 rings (SSSR count). The molecule has 0 aromatic carbocycles. The Kier molecular flexibility index (Phi) is 4.92. The Balaban J connectivity index is 4.74. The van der Waals surface area contributed by atoms with Crippen molar-refractivity contribution in [3.05, 3.63) is 0 Å². The number of amides is 1. The molecule has 0 fully saturated rings. The quantitative estimate of drug-likeness (QED) is 0.727. The van der Waals surface area contributed by atoms with Crippen molar-refractivity contribution in [1.29, 1.82) is 0 Å². The Morgan fingerprint density at radius 1 is 1.25 bits per heavy atom. The van der Waals surface area contributed by atoms with Crippen molar-refractivity contribution >= 4 is 21.7 Å². The highest BCUT2D eigenvalue weighted by molar-refractivity contribution is 7.93. The van der Waals surface area contributed by atoms with Crippen LogP contribution in [-0.4, -0.2) is 54.4 Å². The molecule has 0 heterocycles. The Morgan fingerprint density at radius 2 is 1.69 bits per heavy atom. The lowest BCUT2D eigenvalue weighted by molar-refractivity contribution is -0.136. The molecule has 16 heavy (non-hydrogen) atoms. The van der Waals surface area contributed by atoms with Crippen LogP contribution in [0.5, 0.6) is 0 Å². The molecule has 0 aliphatic heterocycles. The van der Waals surface area contributed by atoms with Crippen LogP contribution in [0.15, 0.2) is 0 Å². The lowest BCUT2D eigenvalue weighted by atomic mass is 10.3. The fourth-order valence-corrected chi connectivity index (χ4v) is 1.95. The van der Waals surface area contributed by atoms with E-state index >= 15 is 0 Å². The molecule has 7 heteroatoms. The number of carboxylic acid groups (broad SMARTS) is 1. The molecule has 0 saturated heterocycles. The molecule has 0 aromatic rings. The Labute approximate surface area is 95.2 Å². The number of hydrogen-bond donors (Lipinski definition) is 1. The van der Waals surface area contributed by atoms with Crippen molar-refractivity contribution < 1.29 is 23.1 Å². The van der Waals surface area contributed by atoms with Crippen LogP contribution in [0.25, 0.3) is 0 Å². The van der Waals surface area contributed by atoms with Crippen LogP contribution in [0.2, 0.25) is 0 Å². The van der Waals surface area contributed by atoms with Gasteiger partial charge in [-0.25, -0.2) is 8.42 Å². The second kappa shape index (κ2) is 5.29. The number of carbonyl (C=O) groups is 2.